The molecule has 1 rings (SSSR count). The second kappa shape index (κ2) is 13.1. The Hall–Kier alpha value is -1.36. The normalized spacial score (nSPS) is 9.68. The van der Waals surface area contributed by atoms with Gasteiger partial charge in [-0.05, 0) is 6.42 Å². The van der Waals surface area contributed by atoms with Crippen molar-refractivity contribution in [1.82, 2.24) is 0 Å². The van der Waals surface area contributed by atoms with Crippen molar-refractivity contribution in [3.05, 3.63) is 36.7 Å². The molecule has 1 aromatic heterocycles. The van der Waals surface area contributed by atoms with E-state index in [4.69, 9.17) is 11.8 Å². The van der Waals surface area contributed by atoms with Crippen molar-refractivity contribution in [3.63, 3.8) is 0 Å². The summed E-state index contributed by atoms with van der Waals surface area (Å²) in [5.74, 6) is 0. The number of pyridine rings is 1. The molecule has 0 saturated carbocycles. The fourth-order valence-corrected chi connectivity index (χ4v) is 2.29. The van der Waals surface area contributed by atoms with Crippen molar-refractivity contribution in [3.8, 4) is 0 Å². The number of aromatic nitrogens is 1. The van der Waals surface area contributed by atoms with E-state index in [9.17, 15) is 0 Å². The van der Waals surface area contributed by atoms with Crippen molar-refractivity contribution < 1.29 is 4.57 Å². The van der Waals surface area contributed by atoms with Crippen LogP contribution in [0, 0.1) is 11.8 Å². The molecule has 0 aromatic carbocycles. The number of hydrogen-bond donors (Lipinski definition) is 0. The maximum Gasteiger partial charge on any atom is 0.181 e. The average Bonchev–Trinajstić information content (AvgIpc) is 2.49. The van der Waals surface area contributed by atoms with E-state index in [0.29, 0.717) is 0 Å². The molecule has 0 N–H and O–H groups in total. The molecule has 0 bridgehead atoms. The first-order valence-corrected chi connectivity index (χ1v) is 7.58. The van der Waals surface area contributed by atoms with Crippen molar-refractivity contribution in [2.24, 2.45) is 0 Å². The van der Waals surface area contributed by atoms with Gasteiger partial charge in [0.15, 0.2) is 11.9 Å². The van der Waals surface area contributed by atoms with Crippen LogP contribution in [0.15, 0.2) is 24.4 Å². The highest BCUT2D eigenvalue weighted by Crippen LogP contribution is 2.06. The van der Waals surface area contributed by atoms with E-state index in [1.165, 1.54) is 57.2 Å². The van der Waals surface area contributed by atoms with Crippen molar-refractivity contribution >= 4 is 0 Å². The van der Waals surface area contributed by atoms with Gasteiger partial charge in [0.25, 0.3) is 0 Å². The molecule has 0 unspecified atom stereocenters. The molecule has 0 fully saturated rings. The predicted octanol–water partition coefficient (Wildman–Crippen LogP) is 4.38. The average molecular weight is 260 g/mol. The lowest BCUT2D eigenvalue weighted by Gasteiger charge is -2.02. The highest BCUT2D eigenvalue weighted by molar-refractivity contribution is 4.96. The van der Waals surface area contributed by atoms with Gasteiger partial charge in [0.2, 0.25) is 0 Å². The van der Waals surface area contributed by atoms with Crippen LogP contribution < -0.4 is 4.57 Å². The Kier molecular flexibility index (Phi) is 12.1. The molecule has 0 aliphatic rings. The van der Waals surface area contributed by atoms with Crippen molar-refractivity contribution in [2.75, 3.05) is 0 Å². The molecule has 1 aromatic rings. The van der Waals surface area contributed by atoms with Gasteiger partial charge in [-0.2, -0.15) is 0 Å². The van der Waals surface area contributed by atoms with Crippen LogP contribution in [0.25, 0.3) is 0 Å². The van der Waals surface area contributed by atoms with Crippen LogP contribution in [0.3, 0.4) is 0 Å². The van der Waals surface area contributed by atoms with E-state index in [1.54, 1.807) is 0 Å². The van der Waals surface area contributed by atoms with Gasteiger partial charge in [0.05, 0.1) is 0 Å². The maximum atomic E-state index is 6.25. The zero-order chi connectivity index (χ0) is 14.3. The monoisotopic (exact) mass is 260 g/mol. The van der Waals surface area contributed by atoms with Gasteiger partial charge in [-0.3, -0.25) is 0 Å². The Morgan fingerprint density at radius 2 is 1.58 bits per heavy atom. The number of rotatable bonds is 9. The van der Waals surface area contributed by atoms with Crippen LogP contribution in [0.4, 0.5) is 0 Å². The molecule has 0 amide bonds. The van der Waals surface area contributed by atoms with E-state index in [1.807, 2.05) is 0 Å². The quantitative estimate of drug-likeness (QED) is 0.368. The molecule has 0 aliphatic heterocycles. The molecule has 106 valence electrons. The molecule has 0 radical (unpaired) electrons. The molecular formula is C17H28N2. The van der Waals surface area contributed by atoms with Crippen LogP contribution in [0.1, 0.15) is 64.5 Å². The largest absolute Gasteiger partial charge is 0.512 e. The Morgan fingerprint density at radius 1 is 0.947 bits per heavy atom. The van der Waals surface area contributed by atoms with Crippen LogP contribution in [0.2, 0.25) is 0 Å². The summed E-state index contributed by atoms with van der Waals surface area (Å²) < 4.78 is 2.41. The van der Waals surface area contributed by atoms with Gasteiger partial charge in [-0.1, -0.05) is 52.0 Å². The SMILES string of the molecule is CCCCCCCCC[n+]1ccccc1CC.[C-]#N. The lowest BCUT2D eigenvalue weighted by molar-refractivity contribution is -0.704. The van der Waals surface area contributed by atoms with E-state index < -0.39 is 0 Å². The highest BCUT2D eigenvalue weighted by Gasteiger charge is 2.05. The maximum absolute atomic E-state index is 6.25. The van der Waals surface area contributed by atoms with E-state index in [2.05, 4.69) is 42.8 Å². The van der Waals surface area contributed by atoms with Crippen molar-refractivity contribution in [2.45, 2.75) is 71.8 Å². The molecule has 2 heteroatoms. The molecule has 0 spiro atoms. The molecule has 1 heterocycles. The summed E-state index contributed by atoms with van der Waals surface area (Å²) in [6.45, 7) is 10.5. The summed E-state index contributed by atoms with van der Waals surface area (Å²) in [6, 6.07) is 6.52. The molecule has 0 aliphatic carbocycles. The molecule has 19 heavy (non-hydrogen) atoms. The van der Waals surface area contributed by atoms with Crippen molar-refractivity contribution in [1.29, 1.82) is 5.26 Å². The molecule has 0 atom stereocenters. The first-order valence-electron chi connectivity index (χ1n) is 7.58. The zero-order valence-corrected chi connectivity index (χ0v) is 12.6. The summed E-state index contributed by atoms with van der Waals surface area (Å²) in [4.78, 5) is 0. The fraction of sp³-hybridized carbons (Fsp3) is 0.647. The standard InChI is InChI=1S/C16H28N.CN/c1-3-5-6-7-8-9-11-14-17-15-12-10-13-16(17)4-2;1-2/h10,12-13,15H,3-9,11,14H2,1-2H3;/q+1;-1. The Morgan fingerprint density at radius 3 is 2.21 bits per heavy atom. The third kappa shape index (κ3) is 8.37. The molecular weight excluding hydrogens is 232 g/mol. The van der Waals surface area contributed by atoms with Gasteiger partial charge in [-0.15, -0.1) is 0 Å². The first kappa shape index (κ1) is 17.6. The lowest BCUT2D eigenvalue weighted by atomic mass is 10.1. The second-order valence-electron chi connectivity index (χ2n) is 4.86. The predicted molar refractivity (Wildman–Crippen MR) is 79.0 cm³/mol. The minimum absolute atomic E-state index is 1.14. The van der Waals surface area contributed by atoms with Gasteiger partial charge in [0, 0.05) is 25.0 Å². The Bertz CT molecular complexity index is 331. The number of hydrogen-bond acceptors (Lipinski definition) is 1. The number of nitrogens with zero attached hydrogens (tertiary/aromatic N) is 2. The highest BCUT2D eigenvalue weighted by atomic mass is 14.9. The van der Waals surface area contributed by atoms with Crippen LogP contribution in [-0.2, 0) is 13.0 Å². The summed E-state index contributed by atoms with van der Waals surface area (Å²) in [5, 5.41) is 6.25. The molecule has 2 nitrogen and oxygen atoms in total. The van der Waals surface area contributed by atoms with Gasteiger partial charge >= 0.3 is 0 Å². The summed E-state index contributed by atoms with van der Waals surface area (Å²) in [6.07, 6.45) is 13.1. The lowest BCUT2D eigenvalue weighted by Crippen LogP contribution is -2.37. The summed E-state index contributed by atoms with van der Waals surface area (Å²) in [5.41, 5.74) is 1.46. The van der Waals surface area contributed by atoms with Crippen LogP contribution in [0.5, 0.6) is 0 Å². The van der Waals surface area contributed by atoms with Crippen LogP contribution in [-0.4, -0.2) is 0 Å². The minimum atomic E-state index is 1.14. The third-order valence-electron chi connectivity index (χ3n) is 3.40. The van der Waals surface area contributed by atoms with Gasteiger partial charge in [-0.25, -0.2) is 4.57 Å². The first-order chi connectivity index (χ1) is 9.38. The van der Waals surface area contributed by atoms with Gasteiger partial charge < -0.3 is 11.8 Å². The van der Waals surface area contributed by atoms with E-state index >= 15 is 0 Å². The zero-order valence-electron chi connectivity index (χ0n) is 12.6. The topological polar surface area (TPSA) is 27.7 Å². The Labute approximate surface area is 119 Å². The van der Waals surface area contributed by atoms with E-state index in [-0.39, 0.29) is 0 Å². The number of aryl methyl sites for hydroxylation is 2. The van der Waals surface area contributed by atoms with Gasteiger partial charge in [0.1, 0.15) is 6.54 Å². The van der Waals surface area contributed by atoms with E-state index in [0.717, 1.165) is 6.42 Å². The molecule has 0 saturated heterocycles. The smallest absolute Gasteiger partial charge is 0.181 e. The number of unbranched alkanes of at least 4 members (excludes halogenated alkanes) is 6. The summed E-state index contributed by atoms with van der Waals surface area (Å²) in [7, 11) is 0. The minimum Gasteiger partial charge on any atom is -0.512 e. The summed E-state index contributed by atoms with van der Waals surface area (Å²) >= 11 is 0. The fourth-order valence-electron chi connectivity index (χ4n) is 2.29. The van der Waals surface area contributed by atoms with Crippen LogP contribution >= 0.6 is 0 Å². The third-order valence-corrected chi connectivity index (χ3v) is 3.40. The second-order valence-corrected chi connectivity index (χ2v) is 4.86. The Balaban J connectivity index is 0.00000154.